The van der Waals surface area contributed by atoms with Gasteiger partial charge in [-0.15, -0.1) is 0 Å². The molecule has 3 heterocycles. The molecule has 0 bridgehead atoms. The van der Waals surface area contributed by atoms with Crippen LogP contribution in [0.1, 0.15) is 23.6 Å². The van der Waals surface area contributed by atoms with Crippen LogP contribution in [0.2, 0.25) is 0 Å². The van der Waals surface area contributed by atoms with E-state index in [1.54, 1.807) is 6.20 Å². The molecule has 140 valence electrons. The van der Waals surface area contributed by atoms with Gasteiger partial charge in [-0.3, -0.25) is 4.79 Å². The zero-order chi connectivity index (χ0) is 18.6. The number of nitrogens with one attached hydrogen (secondary N) is 1. The van der Waals surface area contributed by atoms with Crippen molar-refractivity contribution in [1.29, 1.82) is 0 Å². The molecule has 6 nitrogen and oxygen atoms in total. The smallest absolute Gasteiger partial charge is 0.224 e. The number of carbonyl (C=O) groups excluding carboxylic acids is 1. The molecule has 2 aromatic heterocycles. The van der Waals surface area contributed by atoms with Gasteiger partial charge in [0.25, 0.3) is 0 Å². The number of benzene rings is 1. The van der Waals surface area contributed by atoms with Crippen LogP contribution in [0.4, 0.5) is 0 Å². The summed E-state index contributed by atoms with van der Waals surface area (Å²) in [6.45, 7) is 3.31. The Morgan fingerprint density at radius 1 is 1.22 bits per heavy atom. The standard InChI is InChI=1S/C21H25N5O/c1-25-12-9-17(15-25)20-18-8-5-10-23-21(18)26(24-20)13-11-22-19(27)14-16-6-3-2-4-7-16/h2-8,10,17H,9,11-15H2,1H3,(H,22,27)/t17-/m0/s1. The minimum Gasteiger partial charge on any atom is -0.354 e. The summed E-state index contributed by atoms with van der Waals surface area (Å²) in [6.07, 6.45) is 3.34. The number of hydrogen-bond donors (Lipinski definition) is 1. The highest BCUT2D eigenvalue weighted by atomic mass is 16.1. The number of pyridine rings is 1. The monoisotopic (exact) mass is 363 g/mol. The summed E-state index contributed by atoms with van der Waals surface area (Å²) >= 11 is 0. The molecule has 0 spiro atoms. The van der Waals surface area contributed by atoms with Crippen molar-refractivity contribution >= 4 is 16.9 Å². The highest BCUT2D eigenvalue weighted by Gasteiger charge is 2.26. The molecule has 27 heavy (non-hydrogen) atoms. The normalized spacial score (nSPS) is 17.4. The van der Waals surface area contributed by atoms with Crippen LogP contribution in [0.5, 0.6) is 0 Å². The Bertz CT molecular complexity index is 921. The van der Waals surface area contributed by atoms with Gasteiger partial charge in [0.2, 0.25) is 5.91 Å². The predicted octanol–water partition coefficient (Wildman–Crippen LogP) is 2.21. The van der Waals surface area contributed by atoms with Crippen LogP contribution in [0.25, 0.3) is 11.0 Å². The van der Waals surface area contributed by atoms with Gasteiger partial charge in [0.15, 0.2) is 5.65 Å². The zero-order valence-electron chi connectivity index (χ0n) is 15.6. The highest BCUT2D eigenvalue weighted by molar-refractivity contribution is 5.79. The van der Waals surface area contributed by atoms with Gasteiger partial charge in [-0.25, -0.2) is 9.67 Å². The minimum atomic E-state index is 0.0308. The first kappa shape index (κ1) is 17.7. The summed E-state index contributed by atoms with van der Waals surface area (Å²) in [5.74, 6) is 0.485. The molecule has 0 saturated carbocycles. The fraction of sp³-hybridized carbons (Fsp3) is 0.381. The fourth-order valence-electron chi connectivity index (χ4n) is 3.79. The summed E-state index contributed by atoms with van der Waals surface area (Å²) in [4.78, 5) is 19.0. The maximum absolute atomic E-state index is 12.2. The molecule has 1 N–H and O–H groups in total. The van der Waals surface area contributed by atoms with Gasteiger partial charge < -0.3 is 10.2 Å². The van der Waals surface area contributed by atoms with Gasteiger partial charge in [0.1, 0.15) is 0 Å². The largest absolute Gasteiger partial charge is 0.354 e. The fourth-order valence-corrected chi connectivity index (χ4v) is 3.79. The van der Waals surface area contributed by atoms with Crippen molar-refractivity contribution in [2.24, 2.45) is 0 Å². The summed E-state index contributed by atoms with van der Waals surface area (Å²) < 4.78 is 1.94. The van der Waals surface area contributed by atoms with Crippen molar-refractivity contribution in [3.05, 3.63) is 59.9 Å². The van der Waals surface area contributed by atoms with Crippen LogP contribution in [-0.4, -0.2) is 52.3 Å². The summed E-state index contributed by atoms with van der Waals surface area (Å²) in [5.41, 5.74) is 3.06. The summed E-state index contributed by atoms with van der Waals surface area (Å²) in [6, 6.07) is 13.9. The van der Waals surface area contributed by atoms with E-state index in [1.165, 1.54) is 0 Å². The van der Waals surface area contributed by atoms with Crippen molar-refractivity contribution in [3.63, 3.8) is 0 Å². The number of nitrogens with zero attached hydrogens (tertiary/aromatic N) is 4. The lowest BCUT2D eigenvalue weighted by atomic mass is 10.0. The van der Waals surface area contributed by atoms with Crippen LogP contribution in [0.15, 0.2) is 48.7 Å². The lowest BCUT2D eigenvalue weighted by molar-refractivity contribution is -0.120. The van der Waals surface area contributed by atoms with Crippen LogP contribution < -0.4 is 5.32 Å². The maximum Gasteiger partial charge on any atom is 0.224 e. The zero-order valence-corrected chi connectivity index (χ0v) is 15.6. The Balaban J connectivity index is 1.42. The number of rotatable bonds is 6. The first-order valence-corrected chi connectivity index (χ1v) is 9.51. The summed E-state index contributed by atoms with van der Waals surface area (Å²) in [5, 5.41) is 8.99. The Labute approximate surface area is 159 Å². The first-order valence-electron chi connectivity index (χ1n) is 9.51. The van der Waals surface area contributed by atoms with Gasteiger partial charge in [-0.1, -0.05) is 30.3 Å². The molecule has 1 atom stereocenters. The topological polar surface area (TPSA) is 63.1 Å². The molecule has 4 rings (SSSR count). The minimum absolute atomic E-state index is 0.0308. The molecule has 1 amide bonds. The second-order valence-corrected chi connectivity index (χ2v) is 7.24. The van der Waals surface area contributed by atoms with E-state index >= 15 is 0 Å². The van der Waals surface area contributed by atoms with Crippen molar-refractivity contribution in [1.82, 2.24) is 25.0 Å². The molecule has 0 aliphatic carbocycles. The van der Waals surface area contributed by atoms with Crippen LogP contribution in [0.3, 0.4) is 0 Å². The van der Waals surface area contributed by atoms with Crippen molar-refractivity contribution in [2.75, 3.05) is 26.7 Å². The van der Waals surface area contributed by atoms with Crippen LogP contribution >= 0.6 is 0 Å². The second-order valence-electron chi connectivity index (χ2n) is 7.24. The Hall–Kier alpha value is -2.73. The molecule has 1 saturated heterocycles. The molecule has 1 fully saturated rings. The third kappa shape index (κ3) is 4.01. The van der Waals surface area contributed by atoms with Gasteiger partial charge in [-0.05, 0) is 37.7 Å². The molecule has 6 heteroatoms. The Kier molecular flexibility index (Phi) is 5.16. The SMILES string of the molecule is CN1CC[C@H](c2nn(CCNC(=O)Cc3ccccc3)c3ncccc23)C1. The van der Waals surface area contributed by atoms with Gasteiger partial charge in [-0.2, -0.15) is 5.10 Å². The maximum atomic E-state index is 12.2. The van der Waals surface area contributed by atoms with Gasteiger partial charge in [0, 0.05) is 30.6 Å². The number of hydrogen-bond acceptors (Lipinski definition) is 4. The Morgan fingerprint density at radius 2 is 2.07 bits per heavy atom. The average Bonchev–Trinajstić information content (AvgIpc) is 3.26. The number of fused-ring (bicyclic) bond motifs is 1. The number of likely N-dealkylation sites (tertiary alicyclic amines) is 1. The van der Waals surface area contributed by atoms with E-state index in [0.717, 1.165) is 41.8 Å². The summed E-state index contributed by atoms with van der Waals surface area (Å²) in [7, 11) is 2.15. The van der Waals surface area contributed by atoms with Crippen molar-refractivity contribution < 1.29 is 4.79 Å². The quantitative estimate of drug-likeness (QED) is 0.729. The molecule has 3 aromatic rings. The molecule has 0 unspecified atom stereocenters. The highest BCUT2D eigenvalue weighted by Crippen LogP contribution is 2.30. The Morgan fingerprint density at radius 3 is 2.85 bits per heavy atom. The van der Waals surface area contributed by atoms with E-state index in [9.17, 15) is 4.79 Å². The number of likely N-dealkylation sites (N-methyl/N-ethyl adjacent to an activating group) is 1. The average molecular weight is 363 g/mol. The van der Waals surface area contributed by atoms with E-state index in [1.807, 2.05) is 41.1 Å². The van der Waals surface area contributed by atoms with Crippen molar-refractivity contribution in [3.8, 4) is 0 Å². The lowest BCUT2D eigenvalue weighted by Crippen LogP contribution is -2.29. The number of amides is 1. The van der Waals surface area contributed by atoms with E-state index in [0.29, 0.717) is 25.4 Å². The molecular formula is C21H25N5O. The lowest BCUT2D eigenvalue weighted by Gasteiger charge is -2.08. The van der Waals surface area contributed by atoms with Gasteiger partial charge in [0.05, 0.1) is 18.7 Å². The second kappa shape index (κ2) is 7.88. The van der Waals surface area contributed by atoms with E-state index in [4.69, 9.17) is 5.10 Å². The third-order valence-electron chi connectivity index (χ3n) is 5.17. The first-order chi connectivity index (χ1) is 13.2. The molecule has 1 aliphatic heterocycles. The predicted molar refractivity (Wildman–Crippen MR) is 106 cm³/mol. The molecule has 1 aliphatic rings. The third-order valence-corrected chi connectivity index (χ3v) is 5.17. The van der Waals surface area contributed by atoms with E-state index in [-0.39, 0.29) is 5.91 Å². The number of aromatic nitrogens is 3. The van der Waals surface area contributed by atoms with Gasteiger partial charge >= 0.3 is 0 Å². The molecular weight excluding hydrogens is 338 g/mol. The molecule has 0 radical (unpaired) electrons. The van der Waals surface area contributed by atoms with Crippen molar-refractivity contribution in [2.45, 2.75) is 25.3 Å². The van der Waals surface area contributed by atoms with E-state index in [2.05, 4.69) is 28.3 Å². The number of carbonyl (C=O) groups is 1. The van der Waals surface area contributed by atoms with E-state index < -0.39 is 0 Å². The van der Waals surface area contributed by atoms with Crippen LogP contribution in [-0.2, 0) is 17.8 Å². The molecule has 1 aromatic carbocycles. The van der Waals surface area contributed by atoms with Crippen LogP contribution in [0, 0.1) is 0 Å².